The van der Waals surface area contributed by atoms with Crippen molar-refractivity contribution in [3.63, 3.8) is 0 Å². The SMILES string of the molecule is CC(CN)CC(=O)NC1CCCCC1. The van der Waals surface area contributed by atoms with E-state index >= 15 is 0 Å². The number of carbonyl (C=O) groups excluding carboxylic acids is 1. The minimum atomic E-state index is 0.176. The average Bonchev–Trinajstić information content (AvgIpc) is 2.19. The van der Waals surface area contributed by atoms with E-state index in [-0.39, 0.29) is 5.91 Å². The lowest BCUT2D eigenvalue weighted by Gasteiger charge is -2.23. The summed E-state index contributed by atoms with van der Waals surface area (Å²) in [5.74, 6) is 0.480. The first-order valence-corrected chi connectivity index (χ1v) is 5.71. The fourth-order valence-corrected chi connectivity index (χ4v) is 1.93. The molecule has 3 N–H and O–H groups in total. The quantitative estimate of drug-likeness (QED) is 0.718. The Balaban J connectivity index is 2.18. The van der Waals surface area contributed by atoms with Gasteiger partial charge in [-0.05, 0) is 25.3 Å². The summed E-state index contributed by atoms with van der Waals surface area (Å²) in [6.07, 6.45) is 6.73. The van der Waals surface area contributed by atoms with Gasteiger partial charge in [-0.2, -0.15) is 0 Å². The number of hydrogen-bond acceptors (Lipinski definition) is 2. The zero-order valence-corrected chi connectivity index (χ0v) is 9.09. The van der Waals surface area contributed by atoms with Crippen molar-refractivity contribution >= 4 is 5.91 Å². The van der Waals surface area contributed by atoms with Gasteiger partial charge in [0, 0.05) is 12.5 Å². The van der Waals surface area contributed by atoms with E-state index in [1.54, 1.807) is 0 Å². The minimum absolute atomic E-state index is 0.176. The molecule has 0 bridgehead atoms. The van der Waals surface area contributed by atoms with Crippen molar-refractivity contribution in [1.82, 2.24) is 5.32 Å². The molecule has 1 amide bonds. The Morgan fingerprint density at radius 3 is 2.64 bits per heavy atom. The molecular weight excluding hydrogens is 176 g/mol. The van der Waals surface area contributed by atoms with Crippen LogP contribution in [-0.2, 0) is 4.79 Å². The number of nitrogens with two attached hydrogens (primary N) is 1. The molecule has 1 saturated carbocycles. The highest BCUT2D eigenvalue weighted by molar-refractivity contribution is 5.76. The van der Waals surface area contributed by atoms with E-state index in [1.807, 2.05) is 6.92 Å². The second-order valence-corrected chi connectivity index (χ2v) is 4.45. The van der Waals surface area contributed by atoms with Crippen LogP contribution in [0.25, 0.3) is 0 Å². The second kappa shape index (κ2) is 6.02. The molecule has 0 spiro atoms. The maximum atomic E-state index is 11.5. The molecule has 82 valence electrons. The largest absolute Gasteiger partial charge is 0.353 e. The Hall–Kier alpha value is -0.570. The highest BCUT2D eigenvalue weighted by Crippen LogP contribution is 2.17. The molecule has 0 aromatic heterocycles. The van der Waals surface area contributed by atoms with Crippen molar-refractivity contribution in [2.45, 2.75) is 51.5 Å². The molecule has 0 aromatic rings. The number of rotatable bonds is 4. The van der Waals surface area contributed by atoms with E-state index in [0.29, 0.717) is 24.9 Å². The van der Waals surface area contributed by atoms with E-state index in [4.69, 9.17) is 5.73 Å². The Morgan fingerprint density at radius 1 is 1.43 bits per heavy atom. The number of hydrogen-bond donors (Lipinski definition) is 2. The van der Waals surface area contributed by atoms with Crippen molar-refractivity contribution in [2.24, 2.45) is 11.7 Å². The Morgan fingerprint density at radius 2 is 2.07 bits per heavy atom. The van der Waals surface area contributed by atoms with Crippen LogP contribution in [0.4, 0.5) is 0 Å². The summed E-state index contributed by atoms with van der Waals surface area (Å²) in [6, 6.07) is 0.432. The third-order valence-corrected chi connectivity index (χ3v) is 2.91. The normalized spacial score (nSPS) is 20.4. The van der Waals surface area contributed by atoms with Gasteiger partial charge in [0.25, 0.3) is 0 Å². The van der Waals surface area contributed by atoms with Crippen molar-refractivity contribution in [3.8, 4) is 0 Å². The van der Waals surface area contributed by atoms with Crippen molar-refractivity contribution in [1.29, 1.82) is 0 Å². The molecule has 0 aromatic carbocycles. The molecule has 1 aliphatic rings. The zero-order chi connectivity index (χ0) is 10.4. The monoisotopic (exact) mass is 198 g/mol. The lowest BCUT2D eigenvalue weighted by molar-refractivity contribution is -0.122. The van der Waals surface area contributed by atoms with Gasteiger partial charge in [0.2, 0.25) is 5.91 Å². The maximum absolute atomic E-state index is 11.5. The van der Waals surface area contributed by atoms with E-state index in [2.05, 4.69) is 5.32 Å². The van der Waals surface area contributed by atoms with Crippen LogP contribution in [0.15, 0.2) is 0 Å². The molecule has 3 nitrogen and oxygen atoms in total. The highest BCUT2D eigenvalue weighted by atomic mass is 16.1. The first-order chi connectivity index (χ1) is 6.72. The summed E-state index contributed by atoms with van der Waals surface area (Å²) >= 11 is 0. The summed E-state index contributed by atoms with van der Waals surface area (Å²) < 4.78 is 0. The van der Waals surface area contributed by atoms with Crippen molar-refractivity contribution in [3.05, 3.63) is 0 Å². The van der Waals surface area contributed by atoms with Gasteiger partial charge in [-0.1, -0.05) is 26.2 Å². The van der Waals surface area contributed by atoms with Gasteiger partial charge in [-0.15, -0.1) is 0 Å². The Labute approximate surface area is 86.4 Å². The summed E-state index contributed by atoms with van der Waals surface area (Å²) in [4.78, 5) is 11.5. The molecule has 1 atom stereocenters. The summed E-state index contributed by atoms with van der Waals surface area (Å²) in [6.45, 7) is 2.61. The van der Waals surface area contributed by atoms with Gasteiger partial charge in [-0.3, -0.25) is 4.79 Å². The number of carbonyl (C=O) groups is 1. The van der Waals surface area contributed by atoms with Gasteiger partial charge in [-0.25, -0.2) is 0 Å². The van der Waals surface area contributed by atoms with Crippen LogP contribution in [-0.4, -0.2) is 18.5 Å². The molecule has 3 heteroatoms. The molecule has 0 heterocycles. The molecule has 14 heavy (non-hydrogen) atoms. The molecule has 1 aliphatic carbocycles. The molecule has 1 unspecified atom stereocenters. The average molecular weight is 198 g/mol. The predicted octanol–water partition coefficient (Wildman–Crippen LogP) is 1.42. The van der Waals surface area contributed by atoms with Crippen LogP contribution in [0.1, 0.15) is 45.4 Å². The van der Waals surface area contributed by atoms with Gasteiger partial charge >= 0.3 is 0 Å². The Kier molecular flexibility index (Phi) is 4.94. The van der Waals surface area contributed by atoms with Gasteiger partial charge in [0.05, 0.1) is 0 Å². The molecule has 0 saturated heterocycles. The topological polar surface area (TPSA) is 55.1 Å². The first kappa shape index (κ1) is 11.5. The third kappa shape index (κ3) is 4.09. The maximum Gasteiger partial charge on any atom is 0.220 e. The predicted molar refractivity (Wildman–Crippen MR) is 57.9 cm³/mol. The van der Waals surface area contributed by atoms with Crippen LogP contribution in [0.5, 0.6) is 0 Å². The van der Waals surface area contributed by atoms with Crippen LogP contribution in [0, 0.1) is 5.92 Å². The highest BCUT2D eigenvalue weighted by Gasteiger charge is 2.16. The van der Waals surface area contributed by atoms with E-state index in [1.165, 1.54) is 19.3 Å². The second-order valence-electron chi connectivity index (χ2n) is 4.45. The van der Waals surface area contributed by atoms with Crippen LogP contribution >= 0.6 is 0 Å². The smallest absolute Gasteiger partial charge is 0.220 e. The first-order valence-electron chi connectivity index (χ1n) is 5.71. The van der Waals surface area contributed by atoms with E-state index in [0.717, 1.165) is 12.8 Å². The molecule has 1 rings (SSSR count). The lowest BCUT2D eigenvalue weighted by atomic mass is 9.95. The van der Waals surface area contributed by atoms with Crippen molar-refractivity contribution in [2.75, 3.05) is 6.54 Å². The number of amides is 1. The van der Waals surface area contributed by atoms with Crippen LogP contribution in [0.3, 0.4) is 0 Å². The fraction of sp³-hybridized carbons (Fsp3) is 0.909. The molecule has 0 aliphatic heterocycles. The molecule has 0 radical (unpaired) electrons. The van der Waals surface area contributed by atoms with E-state index in [9.17, 15) is 4.79 Å². The molecule has 1 fully saturated rings. The minimum Gasteiger partial charge on any atom is -0.353 e. The molecular formula is C11H22N2O. The standard InChI is InChI=1S/C11H22N2O/c1-9(8-12)7-11(14)13-10-5-3-2-4-6-10/h9-10H,2-8,12H2,1H3,(H,13,14). The summed E-state index contributed by atoms with van der Waals surface area (Å²) in [7, 11) is 0. The van der Waals surface area contributed by atoms with Gasteiger partial charge < -0.3 is 11.1 Å². The van der Waals surface area contributed by atoms with Gasteiger partial charge in [0.1, 0.15) is 0 Å². The van der Waals surface area contributed by atoms with Crippen LogP contribution in [0.2, 0.25) is 0 Å². The summed E-state index contributed by atoms with van der Waals surface area (Å²) in [5, 5.41) is 3.09. The van der Waals surface area contributed by atoms with E-state index < -0.39 is 0 Å². The van der Waals surface area contributed by atoms with Crippen molar-refractivity contribution < 1.29 is 4.79 Å². The Bertz CT molecular complexity index is 176. The summed E-state index contributed by atoms with van der Waals surface area (Å²) in [5.41, 5.74) is 5.47. The zero-order valence-electron chi connectivity index (χ0n) is 9.09. The van der Waals surface area contributed by atoms with Crippen LogP contribution < -0.4 is 11.1 Å². The lowest BCUT2D eigenvalue weighted by Crippen LogP contribution is -2.37. The fourth-order valence-electron chi connectivity index (χ4n) is 1.93. The third-order valence-electron chi connectivity index (χ3n) is 2.91. The number of nitrogens with one attached hydrogen (secondary N) is 1. The van der Waals surface area contributed by atoms with Gasteiger partial charge in [0.15, 0.2) is 0 Å².